The highest BCUT2D eigenvalue weighted by atomic mass is 35.5. The maximum Gasteiger partial charge on any atom is 0.226 e. The predicted molar refractivity (Wildman–Crippen MR) is 123 cm³/mol. The van der Waals surface area contributed by atoms with Crippen molar-refractivity contribution in [3.8, 4) is 28.3 Å². The molecule has 0 N–H and O–H groups in total. The van der Waals surface area contributed by atoms with Gasteiger partial charge in [0.15, 0.2) is 0 Å². The van der Waals surface area contributed by atoms with E-state index in [4.69, 9.17) is 26.3 Å². The molecule has 0 fully saturated rings. The van der Waals surface area contributed by atoms with Crippen LogP contribution in [-0.4, -0.2) is 16.5 Å². The van der Waals surface area contributed by atoms with E-state index in [1.54, 1.807) is 0 Å². The third kappa shape index (κ3) is 3.24. The summed E-state index contributed by atoms with van der Waals surface area (Å²) in [5.41, 5.74) is 7.56. The van der Waals surface area contributed by atoms with E-state index in [9.17, 15) is 0 Å². The number of anilines is 1. The van der Waals surface area contributed by atoms with Crippen LogP contribution < -0.4 is 9.64 Å². The number of hydrogen-bond donors (Lipinski definition) is 0. The van der Waals surface area contributed by atoms with Crippen molar-refractivity contribution in [3.05, 3.63) is 94.5 Å². The lowest BCUT2D eigenvalue weighted by molar-refractivity contribution is 0.301. The summed E-state index contributed by atoms with van der Waals surface area (Å²) in [6, 6.07) is 24.5. The molecule has 0 saturated heterocycles. The lowest BCUT2D eigenvalue weighted by Crippen LogP contribution is -2.32. The van der Waals surface area contributed by atoms with E-state index >= 15 is 0 Å². The smallest absolute Gasteiger partial charge is 0.226 e. The number of halogens is 1. The Morgan fingerprint density at radius 1 is 0.839 bits per heavy atom. The van der Waals surface area contributed by atoms with Gasteiger partial charge in [-0.15, -0.1) is 0 Å². The number of para-hydroxylation sites is 1. The largest absolute Gasteiger partial charge is 0.488 e. The maximum absolute atomic E-state index is 6.32. The van der Waals surface area contributed by atoms with Crippen molar-refractivity contribution in [2.45, 2.75) is 19.6 Å². The molecule has 0 saturated carbocycles. The predicted octanol–water partition coefficient (Wildman–Crippen LogP) is 5.92. The zero-order valence-electron chi connectivity index (χ0n) is 16.9. The summed E-state index contributed by atoms with van der Waals surface area (Å²) in [5, 5.41) is 0.690. The van der Waals surface area contributed by atoms with Crippen LogP contribution in [0.15, 0.2) is 72.8 Å². The van der Waals surface area contributed by atoms with Gasteiger partial charge < -0.3 is 9.64 Å². The van der Waals surface area contributed by atoms with Crippen LogP contribution in [0.5, 0.6) is 5.75 Å². The van der Waals surface area contributed by atoms with Crippen LogP contribution in [0.1, 0.15) is 16.7 Å². The molecule has 6 rings (SSSR count). The molecule has 31 heavy (non-hydrogen) atoms. The first-order chi connectivity index (χ1) is 15.3. The van der Waals surface area contributed by atoms with E-state index in [0.717, 1.165) is 59.3 Å². The first kappa shape index (κ1) is 18.4. The quantitative estimate of drug-likeness (QED) is 0.399. The molecule has 0 spiro atoms. The minimum Gasteiger partial charge on any atom is -0.488 e. The molecule has 152 valence electrons. The topological polar surface area (TPSA) is 38.2 Å². The molecule has 0 unspecified atom stereocenters. The third-order valence-corrected chi connectivity index (χ3v) is 6.26. The minimum absolute atomic E-state index is 0.442. The number of ether oxygens (including phenoxy) is 1. The summed E-state index contributed by atoms with van der Waals surface area (Å²) in [6.45, 7) is 2.14. The monoisotopic (exact) mass is 425 g/mol. The average molecular weight is 426 g/mol. The number of benzene rings is 3. The van der Waals surface area contributed by atoms with Gasteiger partial charge in [0.2, 0.25) is 5.95 Å². The van der Waals surface area contributed by atoms with Crippen LogP contribution in [0.4, 0.5) is 5.95 Å². The first-order valence-electron chi connectivity index (χ1n) is 10.5. The fourth-order valence-electron chi connectivity index (χ4n) is 4.45. The van der Waals surface area contributed by atoms with Gasteiger partial charge in [0, 0.05) is 34.8 Å². The standard InChI is InChI=1S/C26H20ClN3O/c27-20-9-5-8-18(14-20)24-22-16-31-23-11-4-3-10-21(23)25(22)29-26(28-24)30-13-12-17-6-1-2-7-19(17)15-30/h1-11,14H,12-13,15-16H2. The first-order valence-corrected chi connectivity index (χ1v) is 10.8. The zero-order chi connectivity index (χ0) is 20.8. The second-order valence-electron chi connectivity index (χ2n) is 7.93. The zero-order valence-corrected chi connectivity index (χ0v) is 17.6. The van der Waals surface area contributed by atoms with Gasteiger partial charge in [-0.05, 0) is 41.8 Å². The maximum atomic E-state index is 6.32. The van der Waals surface area contributed by atoms with E-state index in [0.29, 0.717) is 11.6 Å². The van der Waals surface area contributed by atoms with Gasteiger partial charge >= 0.3 is 0 Å². The fourth-order valence-corrected chi connectivity index (χ4v) is 4.64. The van der Waals surface area contributed by atoms with E-state index < -0.39 is 0 Å². The summed E-state index contributed by atoms with van der Waals surface area (Å²) in [7, 11) is 0. The summed E-state index contributed by atoms with van der Waals surface area (Å²) < 4.78 is 6.05. The van der Waals surface area contributed by atoms with Crippen molar-refractivity contribution in [1.29, 1.82) is 0 Å². The molecule has 0 aliphatic carbocycles. The Kier molecular flexibility index (Phi) is 4.39. The van der Waals surface area contributed by atoms with Crippen molar-refractivity contribution in [2.24, 2.45) is 0 Å². The summed E-state index contributed by atoms with van der Waals surface area (Å²) in [4.78, 5) is 12.4. The molecule has 0 amide bonds. The van der Waals surface area contributed by atoms with Gasteiger partial charge in [-0.2, -0.15) is 0 Å². The molecule has 4 nitrogen and oxygen atoms in total. The van der Waals surface area contributed by atoms with E-state index in [1.165, 1.54) is 11.1 Å². The van der Waals surface area contributed by atoms with Gasteiger partial charge in [0.25, 0.3) is 0 Å². The molecule has 5 heteroatoms. The summed E-state index contributed by atoms with van der Waals surface area (Å²) in [5.74, 6) is 1.61. The van der Waals surface area contributed by atoms with Crippen molar-refractivity contribution in [3.63, 3.8) is 0 Å². The van der Waals surface area contributed by atoms with Gasteiger partial charge in [-0.3, -0.25) is 0 Å². The second kappa shape index (κ2) is 7.40. The third-order valence-electron chi connectivity index (χ3n) is 6.02. The van der Waals surface area contributed by atoms with Gasteiger partial charge in [0.1, 0.15) is 12.4 Å². The Labute approximate surface area is 186 Å². The highest BCUT2D eigenvalue weighted by Crippen LogP contribution is 2.41. The second-order valence-corrected chi connectivity index (χ2v) is 8.37. The molecule has 0 atom stereocenters. The fraction of sp³-hybridized carbons (Fsp3) is 0.154. The SMILES string of the molecule is Clc1cccc(-c2nc(N3CCc4ccccc4C3)nc3c2COc2ccccc2-3)c1. The molecule has 2 aliphatic heterocycles. The molecule has 0 bridgehead atoms. The molecule has 2 aliphatic rings. The van der Waals surface area contributed by atoms with Crippen LogP contribution in [-0.2, 0) is 19.6 Å². The van der Waals surface area contributed by atoms with Crippen LogP contribution in [0, 0.1) is 0 Å². The van der Waals surface area contributed by atoms with Crippen LogP contribution in [0.2, 0.25) is 5.02 Å². The molecule has 3 heterocycles. The van der Waals surface area contributed by atoms with Crippen molar-refractivity contribution >= 4 is 17.5 Å². The highest BCUT2D eigenvalue weighted by molar-refractivity contribution is 6.30. The van der Waals surface area contributed by atoms with E-state index in [-0.39, 0.29) is 0 Å². The molecular formula is C26H20ClN3O. The van der Waals surface area contributed by atoms with Crippen LogP contribution in [0.25, 0.3) is 22.5 Å². The molecule has 4 aromatic rings. The van der Waals surface area contributed by atoms with E-state index in [1.807, 2.05) is 42.5 Å². The minimum atomic E-state index is 0.442. The van der Waals surface area contributed by atoms with Crippen LogP contribution >= 0.6 is 11.6 Å². The van der Waals surface area contributed by atoms with Crippen molar-refractivity contribution < 1.29 is 4.74 Å². The average Bonchev–Trinajstić information content (AvgIpc) is 2.83. The van der Waals surface area contributed by atoms with E-state index in [2.05, 4.69) is 35.2 Å². The Hall–Kier alpha value is -3.37. The Morgan fingerprint density at radius 2 is 1.65 bits per heavy atom. The number of fused-ring (bicyclic) bond motifs is 4. The Morgan fingerprint density at radius 3 is 2.55 bits per heavy atom. The van der Waals surface area contributed by atoms with Gasteiger partial charge in [-0.1, -0.05) is 60.1 Å². The lowest BCUT2D eigenvalue weighted by Gasteiger charge is -2.31. The molecule has 0 radical (unpaired) electrons. The molecule has 3 aromatic carbocycles. The summed E-state index contributed by atoms with van der Waals surface area (Å²) in [6.07, 6.45) is 0.989. The molecule has 1 aromatic heterocycles. The molecular weight excluding hydrogens is 406 g/mol. The van der Waals surface area contributed by atoms with Gasteiger partial charge in [-0.25, -0.2) is 9.97 Å². The number of nitrogens with zero attached hydrogens (tertiary/aromatic N) is 3. The van der Waals surface area contributed by atoms with Crippen molar-refractivity contribution in [1.82, 2.24) is 9.97 Å². The van der Waals surface area contributed by atoms with Crippen molar-refractivity contribution in [2.75, 3.05) is 11.4 Å². The number of rotatable bonds is 2. The number of aromatic nitrogens is 2. The van der Waals surface area contributed by atoms with Gasteiger partial charge in [0.05, 0.1) is 11.4 Å². The number of hydrogen-bond acceptors (Lipinski definition) is 4. The van der Waals surface area contributed by atoms with Crippen LogP contribution in [0.3, 0.4) is 0 Å². The lowest BCUT2D eigenvalue weighted by atomic mass is 9.97. The Bertz CT molecular complexity index is 1300. The highest BCUT2D eigenvalue weighted by Gasteiger charge is 2.27. The summed E-state index contributed by atoms with van der Waals surface area (Å²) >= 11 is 6.32. The normalized spacial score (nSPS) is 14.3. The Balaban J connectivity index is 1.53.